The van der Waals surface area contributed by atoms with Crippen molar-refractivity contribution in [2.24, 2.45) is 10.3 Å². The molecule has 0 spiro atoms. The third-order valence-corrected chi connectivity index (χ3v) is 4.68. The summed E-state index contributed by atoms with van der Waals surface area (Å²) >= 11 is 1.60. The van der Waals surface area contributed by atoms with Crippen molar-refractivity contribution in [2.45, 2.75) is 13.8 Å². The third-order valence-electron chi connectivity index (χ3n) is 3.38. The molecule has 1 aromatic heterocycles. The number of hydrogen-bond donors (Lipinski definition) is 0. The van der Waals surface area contributed by atoms with E-state index in [0.29, 0.717) is 11.5 Å². The van der Waals surface area contributed by atoms with Crippen molar-refractivity contribution in [1.82, 2.24) is 0 Å². The predicted octanol–water partition coefficient (Wildman–Crippen LogP) is 5.35. The van der Waals surface area contributed by atoms with Crippen molar-refractivity contribution in [2.75, 3.05) is 0 Å². The number of oxime groups is 2. The van der Waals surface area contributed by atoms with Gasteiger partial charge >= 0.3 is 0 Å². The lowest BCUT2D eigenvalue weighted by atomic mass is 10.3. The van der Waals surface area contributed by atoms with Gasteiger partial charge in [-0.15, -0.1) is 11.3 Å². The van der Waals surface area contributed by atoms with Gasteiger partial charge in [0.2, 0.25) is 0 Å². The van der Waals surface area contributed by atoms with E-state index < -0.39 is 0 Å². The number of thiophene rings is 1. The first-order valence-corrected chi connectivity index (χ1v) is 8.68. The Morgan fingerprint density at radius 2 is 1.04 bits per heavy atom. The average molecular weight is 350 g/mol. The van der Waals surface area contributed by atoms with Crippen molar-refractivity contribution in [3.05, 3.63) is 82.6 Å². The summed E-state index contributed by atoms with van der Waals surface area (Å²) < 4.78 is 0. The van der Waals surface area contributed by atoms with Crippen molar-refractivity contribution in [3.63, 3.8) is 0 Å². The quantitative estimate of drug-likeness (QED) is 0.444. The lowest BCUT2D eigenvalue weighted by Crippen LogP contribution is -1.96. The van der Waals surface area contributed by atoms with E-state index >= 15 is 0 Å². The molecule has 0 saturated carbocycles. The van der Waals surface area contributed by atoms with Crippen LogP contribution in [0.25, 0.3) is 0 Å². The van der Waals surface area contributed by atoms with Gasteiger partial charge in [0.05, 0.1) is 21.2 Å². The molecule has 3 aromatic rings. The zero-order valence-corrected chi connectivity index (χ0v) is 14.9. The highest BCUT2D eigenvalue weighted by Crippen LogP contribution is 2.20. The highest BCUT2D eigenvalue weighted by molar-refractivity contribution is 7.16. The molecule has 2 aromatic carbocycles. The SMILES string of the molecule is C/C(=N/Oc1ccccc1)c1ccc(/C(C)=N/Oc2ccccc2)s1. The summed E-state index contributed by atoms with van der Waals surface area (Å²) in [6.07, 6.45) is 0. The Labute approximate surface area is 151 Å². The molecule has 0 bridgehead atoms. The molecule has 0 fully saturated rings. The fourth-order valence-corrected chi connectivity index (χ4v) is 2.90. The maximum absolute atomic E-state index is 5.44. The normalized spacial score (nSPS) is 12.1. The highest BCUT2D eigenvalue weighted by atomic mass is 32.1. The Morgan fingerprint density at radius 1 is 0.640 bits per heavy atom. The van der Waals surface area contributed by atoms with Gasteiger partial charge in [-0.1, -0.05) is 46.7 Å². The molecule has 0 radical (unpaired) electrons. The lowest BCUT2D eigenvalue weighted by molar-refractivity contribution is 0.341. The Kier molecular flexibility index (Phi) is 5.59. The van der Waals surface area contributed by atoms with Crippen molar-refractivity contribution in [1.29, 1.82) is 0 Å². The number of rotatable bonds is 6. The molecule has 1 heterocycles. The largest absolute Gasteiger partial charge is 0.357 e. The maximum Gasteiger partial charge on any atom is 0.157 e. The molecule has 0 atom stereocenters. The number of benzene rings is 2. The topological polar surface area (TPSA) is 43.2 Å². The van der Waals surface area contributed by atoms with E-state index in [9.17, 15) is 0 Å². The van der Waals surface area contributed by atoms with E-state index in [1.807, 2.05) is 86.6 Å². The van der Waals surface area contributed by atoms with E-state index in [-0.39, 0.29) is 0 Å². The molecule has 3 rings (SSSR count). The van der Waals surface area contributed by atoms with E-state index in [0.717, 1.165) is 21.2 Å². The third kappa shape index (κ3) is 4.78. The molecule has 0 aliphatic rings. The van der Waals surface area contributed by atoms with E-state index in [1.54, 1.807) is 11.3 Å². The van der Waals surface area contributed by atoms with E-state index in [2.05, 4.69) is 10.3 Å². The molecule has 25 heavy (non-hydrogen) atoms. The van der Waals surface area contributed by atoms with Crippen LogP contribution in [0.1, 0.15) is 23.6 Å². The molecular weight excluding hydrogens is 332 g/mol. The second-order valence-electron chi connectivity index (χ2n) is 5.33. The van der Waals surface area contributed by atoms with Crippen LogP contribution in [0.15, 0.2) is 83.1 Å². The van der Waals surface area contributed by atoms with Gasteiger partial charge in [0.15, 0.2) is 11.5 Å². The lowest BCUT2D eigenvalue weighted by Gasteiger charge is -2.00. The molecule has 126 valence electrons. The molecule has 4 nitrogen and oxygen atoms in total. The van der Waals surface area contributed by atoms with Gasteiger partial charge in [-0.2, -0.15) is 0 Å². The first-order chi connectivity index (χ1) is 12.2. The van der Waals surface area contributed by atoms with Gasteiger partial charge < -0.3 is 9.68 Å². The summed E-state index contributed by atoms with van der Waals surface area (Å²) in [4.78, 5) is 12.9. The van der Waals surface area contributed by atoms with Crippen LogP contribution in [0.3, 0.4) is 0 Å². The van der Waals surface area contributed by atoms with Crippen LogP contribution < -0.4 is 9.68 Å². The van der Waals surface area contributed by atoms with Crippen LogP contribution in [0, 0.1) is 0 Å². The predicted molar refractivity (Wildman–Crippen MR) is 103 cm³/mol. The molecule has 0 N–H and O–H groups in total. The van der Waals surface area contributed by atoms with Crippen LogP contribution in [0.5, 0.6) is 11.5 Å². The first-order valence-electron chi connectivity index (χ1n) is 7.86. The van der Waals surface area contributed by atoms with Gasteiger partial charge in [-0.25, -0.2) is 0 Å². The zero-order chi connectivity index (χ0) is 17.5. The van der Waals surface area contributed by atoms with Crippen LogP contribution >= 0.6 is 11.3 Å². The Bertz CT molecular complexity index is 799. The van der Waals surface area contributed by atoms with Crippen molar-refractivity contribution < 1.29 is 9.68 Å². The standard InChI is InChI=1S/C20H18N2O2S/c1-15(21-23-17-9-5-3-6-10-17)19-13-14-20(25-19)16(2)22-24-18-11-7-4-8-12-18/h3-14H,1-2H3/b21-15-,22-16+. The Balaban J connectivity index is 1.66. The zero-order valence-electron chi connectivity index (χ0n) is 14.0. The molecule has 5 heteroatoms. The van der Waals surface area contributed by atoms with Crippen LogP contribution in [-0.4, -0.2) is 11.4 Å². The maximum atomic E-state index is 5.44. The van der Waals surface area contributed by atoms with E-state index in [1.165, 1.54) is 0 Å². The fraction of sp³-hybridized carbons (Fsp3) is 0.100. The summed E-state index contributed by atoms with van der Waals surface area (Å²) in [5.74, 6) is 1.43. The van der Waals surface area contributed by atoms with E-state index in [4.69, 9.17) is 9.68 Å². The summed E-state index contributed by atoms with van der Waals surface area (Å²) in [6.45, 7) is 3.84. The van der Waals surface area contributed by atoms with Crippen LogP contribution in [0.2, 0.25) is 0 Å². The first kappa shape index (κ1) is 16.9. The molecule has 0 amide bonds. The highest BCUT2D eigenvalue weighted by Gasteiger charge is 2.07. The minimum atomic E-state index is 0.715. The van der Waals surface area contributed by atoms with Gasteiger partial charge in [0, 0.05) is 0 Å². The minimum Gasteiger partial charge on any atom is -0.357 e. The average Bonchev–Trinajstić information content (AvgIpc) is 3.16. The molecular formula is C20H18N2O2S. The summed E-state index contributed by atoms with van der Waals surface area (Å²) in [7, 11) is 0. The summed E-state index contributed by atoms with van der Waals surface area (Å²) in [5.41, 5.74) is 1.63. The van der Waals surface area contributed by atoms with Gasteiger partial charge in [0.1, 0.15) is 0 Å². The molecule has 0 saturated heterocycles. The monoisotopic (exact) mass is 350 g/mol. The second-order valence-corrected chi connectivity index (χ2v) is 6.41. The second kappa shape index (κ2) is 8.26. The Hall–Kier alpha value is -2.92. The smallest absolute Gasteiger partial charge is 0.157 e. The van der Waals surface area contributed by atoms with Gasteiger partial charge in [-0.3, -0.25) is 0 Å². The van der Waals surface area contributed by atoms with Gasteiger partial charge in [-0.05, 0) is 50.2 Å². The van der Waals surface area contributed by atoms with Gasteiger partial charge in [0.25, 0.3) is 0 Å². The fourth-order valence-electron chi connectivity index (χ4n) is 2.02. The number of hydrogen-bond acceptors (Lipinski definition) is 5. The number of para-hydroxylation sites is 2. The van der Waals surface area contributed by atoms with Crippen molar-refractivity contribution >= 4 is 22.8 Å². The van der Waals surface area contributed by atoms with Crippen molar-refractivity contribution in [3.8, 4) is 11.5 Å². The molecule has 0 unspecified atom stereocenters. The Morgan fingerprint density at radius 3 is 1.44 bits per heavy atom. The summed E-state index contributed by atoms with van der Waals surface area (Å²) in [6, 6.07) is 23.0. The van der Waals surface area contributed by atoms with Crippen LogP contribution in [0.4, 0.5) is 0 Å². The summed E-state index contributed by atoms with van der Waals surface area (Å²) in [5, 5.41) is 8.37. The number of nitrogens with zero attached hydrogens (tertiary/aromatic N) is 2. The van der Waals surface area contributed by atoms with Crippen LogP contribution in [-0.2, 0) is 0 Å². The molecule has 0 aliphatic carbocycles. The molecule has 0 aliphatic heterocycles. The minimum absolute atomic E-state index is 0.715.